The predicted octanol–water partition coefficient (Wildman–Crippen LogP) is 3.16. The van der Waals surface area contributed by atoms with Crippen molar-refractivity contribution in [2.75, 3.05) is 17.2 Å². The summed E-state index contributed by atoms with van der Waals surface area (Å²) in [7, 11) is 0. The van der Waals surface area contributed by atoms with Crippen LogP contribution >= 0.6 is 15.9 Å². The van der Waals surface area contributed by atoms with Crippen molar-refractivity contribution < 1.29 is 4.79 Å². The summed E-state index contributed by atoms with van der Waals surface area (Å²) in [5.74, 6) is -0.427. The van der Waals surface area contributed by atoms with E-state index in [-0.39, 0.29) is 0 Å². The molecular formula is C16H18BrN3O. The van der Waals surface area contributed by atoms with Crippen LogP contribution in [0.4, 0.5) is 11.4 Å². The predicted molar refractivity (Wildman–Crippen MR) is 90.2 cm³/mol. The van der Waals surface area contributed by atoms with Crippen molar-refractivity contribution in [1.29, 1.82) is 0 Å². The highest BCUT2D eigenvalue weighted by molar-refractivity contribution is 9.10. The van der Waals surface area contributed by atoms with Gasteiger partial charge in [0.2, 0.25) is 5.91 Å². The summed E-state index contributed by atoms with van der Waals surface area (Å²) in [6.45, 7) is 3.70. The quantitative estimate of drug-likeness (QED) is 0.816. The first-order chi connectivity index (χ1) is 10.0. The van der Waals surface area contributed by atoms with Gasteiger partial charge in [-0.25, -0.2) is 0 Å². The van der Waals surface area contributed by atoms with E-state index in [0.29, 0.717) is 5.56 Å². The lowest BCUT2D eigenvalue weighted by molar-refractivity contribution is 0.100. The lowest BCUT2D eigenvalue weighted by Gasteiger charge is -2.25. The number of halogens is 1. The Kier molecular flexibility index (Phi) is 4.85. The van der Waals surface area contributed by atoms with Gasteiger partial charge in [0.1, 0.15) is 0 Å². The van der Waals surface area contributed by atoms with Crippen molar-refractivity contribution in [2.45, 2.75) is 13.5 Å². The second kappa shape index (κ2) is 6.63. The van der Waals surface area contributed by atoms with E-state index in [4.69, 9.17) is 11.5 Å². The first-order valence-corrected chi connectivity index (χ1v) is 7.49. The SMILES string of the molecule is CCN(Cc1ccc(N)cc1)c1ccc(C(N)=O)cc1Br. The summed E-state index contributed by atoms with van der Waals surface area (Å²) < 4.78 is 0.857. The lowest BCUT2D eigenvalue weighted by Crippen LogP contribution is -2.22. The fraction of sp³-hybridized carbons (Fsp3) is 0.188. The monoisotopic (exact) mass is 347 g/mol. The maximum absolute atomic E-state index is 11.2. The molecule has 110 valence electrons. The molecule has 0 spiro atoms. The van der Waals surface area contributed by atoms with Gasteiger partial charge in [-0.1, -0.05) is 12.1 Å². The van der Waals surface area contributed by atoms with Crippen LogP contribution in [0.5, 0.6) is 0 Å². The molecule has 4 N–H and O–H groups in total. The molecule has 0 radical (unpaired) electrons. The molecule has 0 aromatic heterocycles. The number of primary amides is 1. The van der Waals surface area contributed by atoms with E-state index in [9.17, 15) is 4.79 Å². The first kappa shape index (κ1) is 15.4. The fourth-order valence-corrected chi connectivity index (χ4v) is 2.76. The van der Waals surface area contributed by atoms with E-state index in [1.807, 2.05) is 30.3 Å². The minimum atomic E-state index is -0.427. The van der Waals surface area contributed by atoms with E-state index in [2.05, 4.69) is 27.8 Å². The topological polar surface area (TPSA) is 72.3 Å². The smallest absolute Gasteiger partial charge is 0.248 e. The van der Waals surface area contributed by atoms with Crippen LogP contribution in [0, 0.1) is 0 Å². The summed E-state index contributed by atoms with van der Waals surface area (Å²) in [5.41, 5.74) is 14.5. The Balaban J connectivity index is 2.25. The Morgan fingerprint density at radius 3 is 2.38 bits per heavy atom. The van der Waals surface area contributed by atoms with Crippen molar-refractivity contribution in [1.82, 2.24) is 0 Å². The zero-order valence-electron chi connectivity index (χ0n) is 11.8. The third-order valence-electron chi connectivity index (χ3n) is 3.31. The number of nitrogens with zero attached hydrogens (tertiary/aromatic N) is 1. The minimum Gasteiger partial charge on any atom is -0.399 e. The van der Waals surface area contributed by atoms with Crippen LogP contribution in [0.2, 0.25) is 0 Å². The molecule has 0 fully saturated rings. The van der Waals surface area contributed by atoms with Crippen LogP contribution in [0.15, 0.2) is 46.9 Å². The number of hydrogen-bond acceptors (Lipinski definition) is 3. The number of hydrogen-bond donors (Lipinski definition) is 2. The Bertz CT molecular complexity index is 640. The molecule has 0 saturated carbocycles. The van der Waals surface area contributed by atoms with Crippen molar-refractivity contribution in [3.05, 3.63) is 58.1 Å². The van der Waals surface area contributed by atoms with Gasteiger partial charge < -0.3 is 16.4 Å². The molecule has 2 aromatic rings. The molecule has 0 bridgehead atoms. The van der Waals surface area contributed by atoms with Gasteiger partial charge in [-0.2, -0.15) is 0 Å². The summed E-state index contributed by atoms with van der Waals surface area (Å²) in [6.07, 6.45) is 0. The average Bonchev–Trinajstić information content (AvgIpc) is 2.47. The third kappa shape index (κ3) is 3.76. The molecule has 1 amide bonds. The normalized spacial score (nSPS) is 10.4. The third-order valence-corrected chi connectivity index (χ3v) is 3.94. The largest absolute Gasteiger partial charge is 0.399 e. The second-order valence-electron chi connectivity index (χ2n) is 4.79. The maximum Gasteiger partial charge on any atom is 0.248 e. The molecule has 0 aliphatic carbocycles. The van der Waals surface area contributed by atoms with Gasteiger partial charge in [0, 0.05) is 28.8 Å². The number of carbonyl (C=O) groups excluding carboxylic acids is 1. The van der Waals surface area contributed by atoms with Gasteiger partial charge in [0.15, 0.2) is 0 Å². The van der Waals surface area contributed by atoms with E-state index in [1.54, 1.807) is 12.1 Å². The van der Waals surface area contributed by atoms with E-state index in [0.717, 1.165) is 28.9 Å². The van der Waals surface area contributed by atoms with Crippen LogP contribution in [0.25, 0.3) is 0 Å². The van der Waals surface area contributed by atoms with Crippen molar-refractivity contribution in [2.24, 2.45) is 5.73 Å². The number of anilines is 2. The van der Waals surface area contributed by atoms with Crippen LogP contribution < -0.4 is 16.4 Å². The van der Waals surface area contributed by atoms with Crippen LogP contribution in [-0.4, -0.2) is 12.5 Å². The van der Waals surface area contributed by atoms with Crippen LogP contribution in [0.3, 0.4) is 0 Å². The Morgan fingerprint density at radius 2 is 1.86 bits per heavy atom. The molecule has 0 saturated heterocycles. The van der Waals surface area contributed by atoms with Gasteiger partial charge in [-0.15, -0.1) is 0 Å². The van der Waals surface area contributed by atoms with Crippen molar-refractivity contribution in [3.8, 4) is 0 Å². The zero-order valence-corrected chi connectivity index (χ0v) is 13.4. The van der Waals surface area contributed by atoms with Gasteiger partial charge in [-0.05, 0) is 58.7 Å². The van der Waals surface area contributed by atoms with Crippen LogP contribution in [0.1, 0.15) is 22.8 Å². The summed E-state index contributed by atoms with van der Waals surface area (Å²) in [4.78, 5) is 13.4. The Hall–Kier alpha value is -2.01. The molecule has 5 heteroatoms. The first-order valence-electron chi connectivity index (χ1n) is 6.70. The van der Waals surface area contributed by atoms with Gasteiger partial charge >= 0.3 is 0 Å². The summed E-state index contributed by atoms with van der Waals surface area (Å²) >= 11 is 3.51. The molecule has 0 atom stereocenters. The number of benzene rings is 2. The number of rotatable bonds is 5. The maximum atomic E-state index is 11.2. The number of amides is 1. The highest BCUT2D eigenvalue weighted by Crippen LogP contribution is 2.28. The zero-order chi connectivity index (χ0) is 15.4. The molecule has 0 unspecified atom stereocenters. The molecule has 21 heavy (non-hydrogen) atoms. The number of nitrogens with two attached hydrogens (primary N) is 2. The molecule has 2 rings (SSSR count). The standard InChI is InChI=1S/C16H18BrN3O/c1-2-20(10-11-3-6-13(18)7-4-11)15-8-5-12(16(19)21)9-14(15)17/h3-9H,2,10,18H2,1H3,(H2,19,21). The minimum absolute atomic E-state index is 0.427. The Morgan fingerprint density at radius 1 is 1.19 bits per heavy atom. The molecular weight excluding hydrogens is 330 g/mol. The molecule has 0 aliphatic heterocycles. The number of carbonyl (C=O) groups is 1. The molecule has 0 heterocycles. The van der Waals surface area contributed by atoms with Gasteiger partial charge in [0.25, 0.3) is 0 Å². The highest BCUT2D eigenvalue weighted by Gasteiger charge is 2.11. The van der Waals surface area contributed by atoms with Crippen molar-refractivity contribution >= 4 is 33.2 Å². The molecule has 0 aliphatic rings. The molecule has 2 aromatic carbocycles. The highest BCUT2D eigenvalue weighted by atomic mass is 79.9. The Labute approximate surface area is 132 Å². The van der Waals surface area contributed by atoms with Crippen molar-refractivity contribution in [3.63, 3.8) is 0 Å². The summed E-state index contributed by atoms with van der Waals surface area (Å²) in [6, 6.07) is 13.2. The molecule has 4 nitrogen and oxygen atoms in total. The summed E-state index contributed by atoms with van der Waals surface area (Å²) in [5, 5.41) is 0. The van der Waals surface area contributed by atoms with Gasteiger partial charge in [0.05, 0.1) is 5.69 Å². The average molecular weight is 348 g/mol. The second-order valence-corrected chi connectivity index (χ2v) is 5.64. The lowest BCUT2D eigenvalue weighted by atomic mass is 10.1. The van der Waals surface area contributed by atoms with E-state index in [1.165, 1.54) is 5.56 Å². The van der Waals surface area contributed by atoms with E-state index < -0.39 is 5.91 Å². The fourth-order valence-electron chi connectivity index (χ4n) is 2.13. The number of nitrogen functional groups attached to an aromatic ring is 1. The van der Waals surface area contributed by atoms with E-state index >= 15 is 0 Å². The van der Waals surface area contributed by atoms with Crippen LogP contribution in [-0.2, 0) is 6.54 Å². The van der Waals surface area contributed by atoms with Gasteiger partial charge in [-0.3, -0.25) is 4.79 Å².